The highest BCUT2D eigenvalue weighted by atomic mass is 19.4. The molecule has 0 amide bonds. The van der Waals surface area contributed by atoms with Crippen LogP contribution in [0.3, 0.4) is 0 Å². The molecule has 2 nitrogen and oxygen atoms in total. The van der Waals surface area contributed by atoms with Crippen molar-refractivity contribution in [1.29, 1.82) is 0 Å². The van der Waals surface area contributed by atoms with Crippen LogP contribution in [0.25, 0.3) is 21.9 Å². The number of fused-ring (bicyclic) bond motifs is 1. The predicted molar refractivity (Wildman–Crippen MR) is 97.4 cm³/mol. The topological polar surface area (TPSA) is 26.3 Å². The number of Topliss-reactive ketones (excluding diaryl/α,β-unsaturated/α-hetero) is 1. The van der Waals surface area contributed by atoms with Crippen LogP contribution >= 0.6 is 0 Å². The molecule has 5 heteroatoms. The first-order valence-electron chi connectivity index (χ1n) is 8.23. The summed E-state index contributed by atoms with van der Waals surface area (Å²) in [6, 6.07) is 16.7. The van der Waals surface area contributed by atoms with Gasteiger partial charge in [0.25, 0.3) is 0 Å². The summed E-state index contributed by atoms with van der Waals surface area (Å²) in [4.78, 5) is 11.7. The molecule has 0 spiro atoms. The molecule has 0 aliphatic rings. The molecule has 0 saturated carbocycles. The first-order valence-corrected chi connectivity index (χ1v) is 8.23. The van der Waals surface area contributed by atoms with E-state index in [4.69, 9.17) is 0 Å². The van der Waals surface area contributed by atoms with Crippen molar-refractivity contribution in [2.75, 3.05) is 0 Å². The van der Waals surface area contributed by atoms with Crippen LogP contribution in [-0.4, -0.2) is 12.1 Å². The van der Waals surface area contributed by atoms with Gasteiger partial charge in [0.15, 0.2) is 5.78 Å². The summed E-state index contributed by atoms with van der Waals surface area (Å²) >= 11 is 0. The van der Waals surface area contributed by atoms with Gasteiger partial charge in [-0.3, -0.25) is 4.79 Å². The van der Waals surface area contributed by atoms with Crippen molar-refractivity contribution >= 4 is 16.6 Å². The number of ketones is 1. The molecule has 0 aliphatic carbocycles. The molecule has 0 bridgehead atoms. The van der Waals surface area contributed by atoms with Gasteiger partial charge in [0.1, 0.15) is 5.75 Å². The minimum atomic E-state index is -4.72. The molecule has 0 aromatic heterocycles. The number of hydrogen-bond donors (Lipinski definition) is 0. The minimum Gasteiger partial charge on any atom is -0.406 e. The fraction of sp³-hybridized carbons (Fsp3) is 0.190. The molecule has 0 N–H and O–H groups in total. The van der Waals surface area contributed by atoms with E-state index in [9.17, 15) is 18.0 Å². The highest BCUT2D eigenvalue weighted by Gasteiger charge is 2.31. The summed E-state index contributed by atoms with van der Waals surface area (Å²) in [6.45, 7) is 5.48. The van der Waals surface area contributed by atoms with Crippen molar-refractivity contribution in [1.82, 2.24) is 0 Å². The Morgan fingerprint density at radius 3 is 2.12 bits per heavy atom. The van der Waals surface area contributed by atoms with Crippen molar-refractivity contribution in [2.45, 2.75) is 27.1 Å². The fourth-order valence-electron chi connectivity index (χ4n) is 2.59. The Bertz CT molecular complexity index is 897. The van der Waals surface area contributed by atoms with Crippen LogP contribution in [0.2, 0.25) is 0 Å². The van der Waals surface area contributed by atoms with Gasteiger partial charge in [-0.25, -0.2) is 0 Å². The summed E-state index contributed by atoms with van der Waals surface area (Å²) in [5.74, 6) is -0.350. The lowest BCUT2D eigenvalue weighted by Gasteiger charge is -2.12. The zero-order valence-electron chi connectivity index (χ0n) is 14.7. The van der Waals surface area contributed by atoms with E-state index in [1.165, 1.54) is 19.1 Å². The van der Waals surface area contributed by atoms with Gasteiger partial charge in [0.05, 0.1) is 0 Å². The molecule has 0 saturated heterocycles. The second-order valence-corrected chi connectivity index (χ2v) is 5.37. The van der Waals surface area contributed by atoms with Gasteiger partial charge < -0.3 is 4.74 Å². The molecule has 0 fully saturated rings. The monoisotopic (exact) mass is 360 g/mol. The van der Waals surface area contributed by atoms with Crippen LogP contribution in [0, 0.1) is 0 Å². The molecular formula is C21H19F3O2. The average molecular weight is 360 g/mol. The van der Waals surface area contributed by atoms with Gasteiger partial charge in [-0.05, 0) is 53.1 Å². The second-order valence-electron chi connectivity index (χ2n) is 5.37. The minimum absolute atomic E-state index is 0.0703. The Labute approximate surface area is 150 Å². The van der Waals surface area contributed by atoms with Gasteiger partial charge >= 0.3 is 6.36 Å². The second kappa shape index (κ2) is 8.04. The standard InChI is InChI=1S/C19H13F3O2.C2H6/c1-12(23)15-10-14-4-2-3-5-17(14)18(11-15)13-6-8-16(9-7-13)24-19(20,21)22;1-2/h2-11H,1H3;1-2H3. The van der Waals surface area contributed by atoms with Crippen LogP contribution in [0.4, 0.5) is 13.2 Å². The van der Waals surface area contributed by atoms with E-state index in [1.54, 1.807) is 18.2 Å². The molecule has 26 heavy (non-hydrogen) atoms. The normalized spacial score (nSPS) is 10.8. The lowest BCUT2D eigenvalue weighted by Crippen LogP contribution is -2.16. The Morgan fingerprint density at radius 2 is 1.54 bits per heavy atom. The highest BCUT2D eigenvalue weighted by Crippen LogP contribution is 2.32. The van der Waals surface area contributed by atoms with Crippen LogP contribution < -0.4 is 4.74 Å². The predicted octanol–water partition coefficient (Wildman–Crippen LogP) is 6.63. The molecule has 3 aromatic carbocycles. The Hall–Kier alpha value is -2.82. The van der Waals surface area contributed by atoms with Gasteiger partial charge in [0.2, 0.25) is 0 Å². The Kier molecular flexibility index (Phi) is 6.03. The van der Waals surface area contributed by atoms with Crippen molar-refractivity contribution < 1.29 is 22.7 Å². The molecule has 0 heterocycles. The molecule has 3 aromatic rings. The zero-order valence-corrected chi connectivity index (χ0v) is 14.7. The lowest BCUT2D eigenvalue weighted by atomic mass is 9.94. The number of halogens is 3. The van der Waals surface area contributed by atoms with Gasteiger partial charge in [-0.1, -0.05) is 50.2 Å². The molecule has 136 valence electrons. The maximum absolute atomic E-state index is 12.3. The maximum Gasteiger partial charge on any atom is 0.573 e. The number of alkyl halides is 3. The summed E-state index contributed by atoms with van der Waals surface area (Å²) in [6.07, 6.45) is -4.72. The molecular weight excluding hydrogens is 341 g/mol. The number of ether oxygens (including phenoxy) is 1. The van der Waals surface area contributed by atoms with Crippen LogP contribution in [-0.2, 0) is 0 Å². The van der Waals surface area contributed by atoms with E-state index in [0.717, 1.165) is 16.3 Å². The third kappa shape index (κ3) is 4.63. The number of benzene rings is 3. The summed E-state index contributed by atoms with van der Waals surface area (Å²) in [5.41, 5.74) is 2.06. The lowest BCUT2D eigenvalue weighted by molar-refractivity contribution is -0.274. The first-order chi connectivity index (χ1) is 12.3. The number of carbonyl (C=O) groups excluding carboxylic acids is 1. The summed E-state index contributed by atoms with van der Waals surface area (Å²) in [5, 5.41) is 1.82. The SMILES string of the molecule is CC.CC(=O)c1cc(-c2ccc(OC(F)(F)F)cc2)c2ccccc2c1. The zero-order chi connectivity index (χ0) is 19.3. The molecule has 0 unspecified atom stereocenters. The van der Waals surface area contributed by atoms with Crippen molar-refractivity contribution in [2.24, 2.45) is 0 Å². The van der Waals surface area contributed by atoms with E-state index in [-0.39, 0.29) is 11.5 Å². The van der Waals surface area contributed by atoms with E-state index >= 15 is 0 Å². The highest BCUT2D eigenvalue weighted by molar-refractivity contribution is 6.04. The van der Waals surface area contributed by atoms with Crippen LogP contribution in [0.5, 0.6) is 5.75 Å². The van der Waals surface area contributed by atoms with Crippen molar-refractivity contribution in [3.05, 3.63) is 66.2 Å². The molecule has 3 rings (SSSR count). The Balaban J connectivity index is 0.00000117. The van der Waals surface area contributed by atoms with E-state index in [0.29, 0.717) is 11.1 Å². The number of carbonyl (C=O) groups is 1. The smallest absolute Gasteiger partial charge is 0.406 e. The Morgan fingerprint density at radius 1 is 0.923 bits per heavy atom. The van der Waals surface area contributed by atoms with E-state index in [2.05, 4.69) is 4.74 Å². The molecule has 0 atom stereocenters. The van der Waals surface area contributed by atoms with Gasteiger partial charge in [-0.15, -0.1) is 13.2 Å². The fourth-order valence-corrected chi connectivity index (χ4v) is 2.59. The van der Waals surface area contributed by atoms with Gasteiger partial charge in [0, 0.05) is 5.56 Å². The number of hydrogen-bond acceptors (Lipinski definition) is 2. The third-order valence-electron chi connectivity index (χ3n) is 3.67. The molecule has 0 aliphatic heterocycles. The summed E-state index contributed by atoms with van der Waals surface area (Å²) in [7, 11) is 0. The van der Waals surface area contributed by atoms with E-state index in [1.807, 2.05) is 44.2 Å². The molecule has 0 radical (unpaired) electrons. The van der Waals surface area contributed by atoms with Crippen molar-refractivity contribution in [3.63, 3.8) is 0 Å². The van der Waals surface area contributed by atoms with E-state index < -0.39 is 6.36 Å². The average Bonchev–Trinajstić information content (AvgIpc) is 2.62. The maximum atomic E-state index is 12.3. The number of rotatable bonds is 3. The van der Waals surface area contributed by atoms with Gasteiger partial charge in [-0.2, -0.15) is 0 Å². The van der Waals surface area contributed by atoms with Crippen LogP contribution in [0.1, 0.15) is 31.1 Å². The quantitative estimate of drug-likeness (QED) is 0.490. The largest absolute Gasteiger partial charge is 0.573 e. The van der Waals surface area contributed by atoms with Crippen LogP contribution in [0.15, 0.2) is 60.7 Å². The summed E-state index contributed by atoms with van der Waals surface area (Å²) < 4.78 is 40.7. The third-order valence-corrected chi connectivity index (χ3v) is 3.67. The first kappa shape index (κ1) is 19.5. The van der Waals surface area contributed by atoms with Crippen molar-refractivity contribution in [3.8, 4) is 16.9 Å².